The first-order chi connectivity index (χ1) is 12.0. The summed E-state index contributed by atoms with van der Waals surface area (Å²) >= 11 is 0. The molecule has 1 unspecified atom stereocenters. The molecule has 0 saturated carbocycles. The lowest BCUT2D eigenvalue weighted by atomic mass is 10.0. The molecule has 2 rings (SSSR count). The Kier molecular flexibility index (Phi) is 6.39. The maximum absolute atomic E-state index is 10.2. The summed E-state index contributed by atoms with van der Waals surface area (Å²) in [6.45, 7) is 7.69. The highest BCUT2D eigenvalue weighted by molar-refractivity contribution is 5.72. The zero-order valence-electron chi connectivity index (χ0n) is 13.9. The smallest absolute Gasteiger partial charge is 0.224 e. The van der Waals surface area contributed by atoms with E-state index in [0.717, 1.165) is 11.1 Å². The molecule has 0 amide bonds. The summed E-state index contributed by atoms with van der Waals surface area (Å²) in [7, 11) is 1.55. The lowest BCUT2D eigenvalue weighted by Gasteiger charge is -2.14. The Morgan fingerprint density at radius 1 is 0.960 bits per heavy atom. The third-order valence-electron chi connectivity index (χ3n) is 3.48. The van der Waals surface area contributed by atoms with Crippen LogP contribution < -0.4 is 9.62 Å². The maximum Gasteiger partial charge on any atom is 0.224 e. The van der Waals surface area contributed by atoms with Crippen LogP contribution in [0.25, 0.3) is 5.57 Å². The molecule has 0 aliphatic carbocycles. The first-order valence-corrected chi connectivity index (χ1v) is 7.50. The molecule has 0 aromatic heterocycles. The quantitative estimate of drug-likeness (QED) is 0.246. The summed E-state index contributed by atoms with van der Waals surface area (Å²) in [4.78, 5) is 4.09. The molecule has 0 fully saturated rings. The number of benzene rings is 2. The lowest BCUT2D eigenvalue weighted by molar-refractivity contribution is -0.137. The van der Waals surface area contributed by atoms with Gasteiger partial charge in [-0.3, -0.25) is 0 Å². The van der Waals surface area contributed by atoms with Crippen molar-refractivity contribution in [1.82, 2.24) is 0 Å². The SMILES string of the molecule is C=C(/C=C\C(=C)c1ccc(C(O)Oc2ccc(OO)cc2)cc1)OC. The number of hydrogen-bond acceptors (Lipinski definition) is 5. The molecule has 0 radical (unpaired) electrons. The van der Waals surface area contributed by atoms with Crippen LogP contribution in [0.5, 0.6) is 11.5 Å². The van der Waals surface area contributed by atoms with E-state index in [4.69, 9.17) is 14.7 Å². The van der Waals surface area contributed by atoms with Crippen LogP contribution in [0.15, 0.2) is 79.6 Å². The molecule has 0 aliphatic heterocycles. The van der Waals surface area contributed by atoms with E-state index in [2.05, 4.69) is 18.0 Å². The van der Waals surface area contributed by atoms with Gasteiger partial charge in [0.25, 0.3) is 0 Å². The summed E-state index contributed by atoms with van der Waals surface area (Å²) in [5.41, 5.74) is 2.30. The second-order valence-electron chi connectivity index (χ2n) is 5.18. The normalized spacial score (nSPS) is 11.8. The molecule has 0 saturated heterocycles. The van der Waals surface area contributed by atoms with E-state index in [1.807, 2.05) is 12.1 Å². The van der Waals surface area contributed by atoms with Gasteiger partial charge < -0.3 is 19.5 Å². The van der Waals surface area contributed by atoms with Crippen LogP contribution in [0.2, 0.25) is 0 Å². The van der Waals surface area contributed by atoms with Gasteiger partial charge in [0.1, 0.15) is 11.5 Å². The van der Waals surface area contributed by atoms with E-state index in [1.54, 1.807) is 43.5 Å². The van der Waals surface area contributed by atoms with E-state index in [9.17, 15) is 5.11 Å². The van der Waals surface area contributed by atoms with Gasteiger partial charge in [-0.1, -0.05) is 43.5 Å². The molecular weight excluding hydrogens is 320 g/mol. The Bertz CT molecular complexity index is 745. The average molecular weight is 340 g/mol. The molecule has 2 aromatic carbocycles. The number of aliphatic hydroxyl groups is 1. The molecule has 2 N–H and O–H groups in total. The van der Waals surface area contributed by atoms with Crippen molar-refractivity contribution >= 4 is 5.57 Å². The van der Waals surface area contributed by atoms with Crippen LogP contribution in [0.3, 0.4) is 0 Å². The van der Waals surface area contributed by atoms with Gasteiger partial charge in [0.05, 0.1) is 7.11 Å². The number of rotatable bonds is 8. The summed E-state index contributed by atoms with van der Waals surface area (Å²) in [6, 6.07) is 13.4. The highest BCUT2D eigenvalue weighted by Crippen LogP contribution is 2.24. The van der Waals surface area contributed by atoms with E-state index in [-0.39, 0.29) is 5.75 Å². The Morgan fingerprint density at radius 2 is 1.56 bits per heavy atom. The summed E-state index contributed by atoms with van der Waals surface area (Å²) < 4.78 is 10.4. The number of ether oxygens (including phenoxy) is 2. The summed E-state index contributed by atoms with van der Waals surface area (Å²) in [5.74, 6) is 1.27. The topological polar surface area (TPSA) is 68.2 Å². The molecule has 5 nitrogen and oxygen atoms in total. The molecule has 5 heteroatoms. The van der Waals surface area contributed by atoms with Gasteiger partial charge in [-0.15, -0.1) is 0 Å². The van der Waals surface area contributed by atoms with Crippen molar-refractivity contribution < 1.29 is 24.7 Å². The van der Waals surface area contributed by atoms with Crippen molar-refractivity contribution in [1.29, 1.82) is 0 Å². The first-order valence-electron chi connectivity index (χ1n) is 7.50. The summed E-state index contributed by atoms with van der Waals surface area (Å²) in [6.07, 6.45) is 2.42. The fourth-order valence-corrected chi connectivity index (χ4v) is 2.00. The van der Waals surface area contributed by atoms with Gasteiger partial charge in [0.15, 0.2) is 5.75 Å². The van der Waals surface area contributed by atoms with Crippen LogP contribution in [-0.2, 0) is 4.74 Å². The van der Waals surface area contributed by atoms with Gasteiger partial charge >= 0.3 is 0 Å². The third kappa shape index (κ3) is 5.24. The monoisotopic (exact) mass is 340 g/mol. The second kappa shape index (κ2) is 8.73. The fourth-order valence-electron chi connectivity index (χ4n) is 2.00. The van der Waals surface area contributed by atoms with Gasteiger partial charge in [-0.25, -0.2) is 5.26 Å². The van der Waals surface area contributed by atoms with E-state index in [1.165, 1.54) is 12.1 Å². The molecule has 1 atom stereocenters. The van der Waals surface area contributed by atoms with Gasteiger partial charge in [0.2, 0.25) is 6.29 Å². The minimum atomic E-state index is -1.12. The van der Waals surface area contributed by atoms with Crippen molar-refractivity contribution in [3.8, 4) is 11.5 Å². The molecule has 130 valence electrons. The van der Waals surface area contributed by atoms with Gasteiger partial charge in [-0.05, 0) is 41.5 Å². The van der Waals surface area contributed by atoms with Crippen LogP contribution >= 0.6 is 0 Å². The van der Waals surface area contributed by atoms with Crippen LogP contribution in [-0.4, -0.2) is 17.5 Å². The highest BCUT2D eigenvalue weighted by Gasteiger charge is 2.10. The minimum absolute atomic E-state index is 0.286. The van der Waals surface area contributed by atoms with Crippen molar-refractivity contribution in [2.45, 2.75) is 6.29 Å². The predicted octanol–water partition coefficient (Wildman–Crippen LogP) is 4.34. The number of allylic oxidation sites excluding steroid dienone is 3. The second-order valence-corrected chi connectivity index (χ2v) is 5.18. The predicted molar refractivity (Wildman–Crippen MR) is 96.1 cm³/mol. The molecule has 0 aliphatic rings. The van der Waals surface area contributed by atoms with Gasteiger partial charge in [-0.2, -0.15) is 0 Å². The average Bonchev–Trinajstić information content (AvgIpc) is 2.66. The largest absolute Gasteiger partial charge is 0.497 e. The van der Waals surface area contributed by atoms with Gasteiger partial charge in [0, 0.05) is 5.56 Å². The molecule has 2 aromatic rings. The Balaban J connectivity index is 2.01. The van der Waals surface area contributed by atoms with Crippen LogP contribution in [0.1, 0.15) is 17.4 Å². The minimum Gasteiger partial charge on any atom is -0.497 e. The lowest BCUT2D eigenvalue weighted by Crippen LogP contribution is -2.06. The van der Waals surface area contributed by atoms with Crippen LogP contribution in [0, 0.1) is 0 Å². The zero-order valence-corrected chi connectivity index (χ0v) is 13.9. The first kappa shape index (κ1) is 18.3. The standard InChI is InChI=1S/C20H20O5/c1-14(4-5-15(2)23-3)16-6-8-17(9-7-16)20(21)24-18-10-12-19(25-22)13-11-18/h4-13,20-22H,1-2H2,3H3/b5-4-. The Hall–Kier alpha value is -3.02. The number of hydrogen-bond donors (Lipinski definition) is 2. The zero-order chi connectivity index (χ0) is 18.2. The molecule has 0 bridgehead atoms. The Labute approximate surface area is 146 Å². The number of methoxy groups -OCH3 is 1. The summed E-state index contributed by atoms with van der Waals surface area (Å²) in [5, 5.41) is 18.7. The van der Waals surface area contributed by atoms with Crippen molar-refractivity contribution in [3.63, 3.8) is 0 Å². The maximum atomic E-state index is 10.2. The fraction of sp³-hybridized carbons (Fsp3) is 0.100. The van der Waals surface area contributed by atoms with Crippen molar-refractivity contribution in [2.24, 2.45) is 0 Å². The molecule has 0 spiro atoms. The third-order valence-corrected chi connectivity index (χ3v) is 3.48. The molecule has 0 heterocycles. The molecule has 25 heavy (non-hydrogen) atoms. The van der Waals surface area contributed by atoms with E-state index in [0.29, 0.717) is 17.1 Å². The number of aliphatic hydroxyl groups excluding tert-OH is 1. The molecular formula is C20H20O5. The van der Waals surface area contributed by atoms with E-state index >= 15 is 0 Å². The van der Waals surface area contributed by atoms with Crippen molar-refractivity contribution in [2.75, 3.05) is 7.11 Å². The van der Waals surface area contributed by atoms with E-state index < -0.39 is 6.29 Å². The highest BCUT2D eigenvalue weighted by atomic mass is 17.1. The van der Waals surface area contributed by atoms with Crippen LogP contribution in [0.4, 0.5) is 0 Å². The Morgan fingerprint density at radius 3 is 2.12 bits per heavy atom. The van der Waals surface area contributed by atoms with Crippen molar-refractivity contribution in [3.05, 3.63) is 90.7 Å².